The molecule has 0 saturated heterocycles. The minimum Gasteiger partial charge on any atom is -1.00 e. The van der Waals surface area contributed by atoms with Crippen LogP contribution in [-0.4, -0.2) is 12.4 Å². The number of hydrogen-bond donors (Lipinski definition) is 1. The number of nitrogens with zero attached hydrogens (tertiary/aromatic N) is 2. The van der Waals surface area contributed by atoms with E-state index >= 15 is 0 Å². The van der Waals surface area contributed by atoms with E-state index in [9.17, 15) is 0 Å². The van der Waals surface area contributed by atoms with E-state index in [1.807, 2.05) is 0 Å². The molecule has 1 aliphatic rings. The van der Waals surface area contributed by atoms with Gasteiger partial charge in [0.2, 0.25) is 0 Å². The zero-order chi connectivity index (χ0) is 12.1. The van der Waals surface area contributed by atoms with Gasteiger partial charge in [0.15, 0.2) is 11.9 Å². The first-order valence-electron chi connectivity index (χ1n) is 6.50. The largest absolute Gasteiger partial charge is 1.00 e. The van der Waals surface area contributed by atoms with Gasteiger partial charge in [0.25, 0.3) is 0 Å². The molecule has 18 heavy (non-hydrogen) atoms. The third-order valence-corrected chi connectivity index (χ3v) is 3.58. The predicted octanol–water partition coefficient (Wildman–Crippen LogP) is -1.39. The third-order valence-electron chi connectivity index (χ3n) is 3.58. The van der Waals surface area contributed by atoms with Crippen molar-refractivity contribution in [1.82, 2.24) is 0 Å². The van der Waals surface area contributed by atoms with E-state index in [1.165, 1.54) is 25.0 Å². The highest BCUT2D eigenvalue weighted by Crippen LogP contribution is 2.18. The smallest absolute Gasteiger partial charge is 0.181 e. The van der Waals surface area contributed by atoms with Gasteiger partial charge in [-0.3, -0.25) is 4.99 Å². The van der Waals surface area contributed by atoms with Crippen molar-refractivity contribution in [3.8, 4) is 0 Å². The molecule has 1 aromatic heterocycles. The summed E-state index contributed by atoms with van der Waals surface area (Å²) in [4.78, 5) is 4.43. The zero-order valence-corrected chi connectivity index (χ0v) is 11.7. The van der Waals surface area contributed by atoms with Crippen LogP contribution in [0.15, 0.2) is 29.4 Å². The average Bonchev–Trinajstić information content (AvgIpc) is 2.53. The molecule has 0 bridgehead atoms. The Bertz CT molecular complexity index is 404. The zero-order valence-electron chi connectivity index (χ0n) is 11.0. The van der Waals surface area contributed by atoms with Gasteiger partial charge in [-0.25, -0.2) is 4.57 Å². The van der Waals surface area contributed by atoms with Crippen molar-refractivity contribution in [2.24, 2.45) is 23.7 Å². The van der Waals surface area contributed by atoms with Crippen molar-refractivity contribution in [2.45, 2.75) is 32.1 Å². The highest BCUT2D eigenvalue weighted by molar-refractivity contribution is 5.82. The topological polar surface area (TPSA) is 42.3 Å². The van der Waals surface area contributed by atoms with Crippen molar-refractivity contribution < 1.29 is 17.0 Å². The van der Waals surface area contributed by atoms with Crippen molar-refractivity contribution >= 4 is 5.84 Å². The Kier molecular flexibility index (Phi) is 6.13. The number of pyridine rings is 1. The average molecular weight is 268 g/mol. The monoisotopic (exact) mass is 267 g/mol. The summed E-state index contributed by atoms with van der Waals surface area (Å²) >= 11 is 0. The molecule has 2 N–H and O–H groups in total. The maximum absolute atomic E-state index is 6.02. The first-order chi connectivity index (χ1) is 8.27. The van der Waals surface area contributed by atoms with Crippen LogP contribution < -0.4 is 22.7 Å². The maximum atomic E-state index is 6.02. The van der Waals surface area contributed by atoms with E-state index in [0.717, 1.165) is 25.2 Å². The van der Waals surface area contributed by atoms with Crippen LogP contribution >= 0.6 is 0 Å². The number of halogens is 1. The summed E-state index contributed by atoms with van der Waals surface area (Å²) < 4.78 is 2.18. The summed E-state index contributed by atoms with van der Waals surface area (Å²) in [6.45, 7) is 0.918. The summed E-state index contributed by atoms with van der Waals surface area (Å²) in [5.74, 6) is 1.36. The van der Waals surface area contributed by atoms with E-state index in [0.29, 0.717) is 5.92 Å². The van der Waals surface area contributed by atoms with Gasteiger partial charge in [-0.15, -0.1) is 0 Å². The van der Waals surface area contributed by atoms with Crippen molar-refractivity contribution in [3.05, 3.63) is 30.1 Å². The Labute approximate surface area is 116 Å². The lowest BCUT2D eigenvalue weighted by Crippen LogP contribution is -3.00. The number of aliphatic imine (C=N–C) groups is 1. The second-order valence-corrected chi connectivity index (χ2v) is 4.84. The van der Waals surface area contributed by atoms with Gasteiger partial charge in [-0.1, -0.05) is 12.5 Å². The number of rotatable bonds is 3. The predicted molar refractivity (Wildman–Crippen MR) is 69.8 cm³/mol. The van der Waals surface area contributed by atoms with Crippen molar-refractivity contribution in [3.63, 3.8) is 0 Å². The molecule has 100 valence electrons. The molecule has 0 amide bonds. The van der Waals surface area contributed by atoms with Gasteiger partial charge in [-0.2, -0.15) is 0 Å². The van der Waals surface area contributed by atoms with Crippen molar-refractivity contribution in [1.29, 1.82) is 0 Å². The first-order valence-corrected chi connectivity index (χ1v) is 6.50. The fourth-order valence-electron chi connectivity index (χ4n) is 2.42. The Morgan fingerprint density at radius 3 is 3.00 bits per heavy atom. The molecule has 2 rings (SSSR count). The molecule has 0 fully saturated rings. The lowest BCUT2D eigenvalue weighted by atomic mass is 9.95. The van der Waals surface area contributed by atoms with Crippen molar-refractivity contribution in [2.75, 3.05) is 6.54 Å². The fraction of sp³-hybridized carbons (Fsp3) is 0.571. The van der Waals surface area contributed by atoms with E-state index in [-0.39, 0.29) is 12.4 Å². The normalized spacial score (nSPS) is 19.6. The molecular formula is C14H22ClN3. The number of aromatic nitrogens is 1. The first kappa shape index (κ1) is 15.0. The van der Waals surface area contributed by atoms with Crippen LogP contribution in [0.2, 0.25) is 0 Å². The molecule has 0 radical (unpaired) electrons. The quantitative estimate of drug-likeness (QED) is 0.673. The third kappa shape index (κ3) is 3.98. The lowest BCUT2D eigenvalue weighted by Gasteiger charge is -2.13. The second kappa shape index (κ2) is 7.37. The summed E-state index contributed by atoms with van der Waals surface area (Å²) in [5, 5.41) is 0. The van der Waals surface area contributed by atoms with Gasteiger partial charge >= 0.3 is 0 Å². The van der Waals surface area contributed by atoms with Gasteiger partial charge in [0.1, 0.15) is 7.05 Å². The van der Waals surface area contributed by atoms with Gasteiger partial charge in [-0.05, 0) is 19.3 Å². The summed E-state index contributed by atoms with van der Waals surface area (Å²) in [6, 6.07) is 6.34. The SMILES string of the molecule is C[n+]1ccccc1CCC1CCCCN=C1N.[Cl-]. The van der Waals surface area contributed by atoms with E-state index in [2.05, 4.69) is 41.0 Å². The Balaban J connectivity index is 0.00000162. The van der Waals surface area contributed by atoms with Gasteiger partial charge in [0.05, 0.1) is 5.84 Å². The van der Waals surface area contributed by atoms with Crippen LogP contribution in [0.3, 0.4) is 0 Å². The standard InChI is InChI=1S/C14H22N3.ClH/c1-17-11-5-3-7-13(17)9-8-12-6-2-4-10-16-14(12)15;/h3,5,7,11-12H,2,4,6,8-10H2,1H3,(H2,15,16);1H/q+1;/p-1. The highest BCUT2D eigenvalue weighted by atomic mass is 35.5. The molecule has 0 saturated carbocycles. The number of amidine groups is 1. The van der Waals surface area contributed by atoms with Gasteiger partial charge in [0, 0.05) is 31.0 Å². The molecule has 1 aliphatic heterocycles. The summed E-state index contributed by atoms with van der Waals surface area (Å²) in [7, 11) is 2.10. The summed E-state index contributed by atoms with van der Waals surface area (Å²) in [6.07, 6.45) is 7.95. The Morgan fingerprint density at radius 2 is 2.22 bits per heavy atom. The Hall–Kier alpha value is -1.09. The Morgan fingerprint density at radius 1 is 1.39 bits per heavy atom. The number of nitrogens with two attached hydrogens (primary N) is 1. The van der Waals surface area contributed by atoms with E-state index in [4.69, 9.17) is 5.73 Å². The molecule has 0 aliphatic carbocycles. The molecule has 0 aromatic carbocycles. The molecule has 2 heterocycles. The maximum Gasteiger partial charge on any atom is 0.181 e. The molecular weight excluding hydrogens is 246 g/mol. The van der Waals surface area contributed by atoms with Crippen LogP contribution in [0.1, 0.15) is 31.4 Å². The number of hydrogen-bond acceptors (Lipinski definition) is 2. The van der Waals surface area contributed by atoms with E-state index in [1.54, 1.807) is 0 Å². The molecule has 0 spiro atoms. The molecule has 1 atom stereocenters. The van der Waals surface area contributed by atoms with Gasteiger partial charge < -0.3 is 18.1 Å². The lowest BCUT2D eigenvalue weighted by molar-refractivity contribution is -0.679. The fourth-order valence-corrected chi connectivity index (χ4v) is 2.42. The van der Waals surface area contributed by atoms with Crippen LogP contribution in [-0.2, 0) is 13.5 Å². The van der Waals surface area contributed by atoms with E-state index < -0.39 is 0 Å². The molecule has 1 aromatic rings. The highest BCUT2D eigenvalue weighted by Gasteiger charge is 2.17. The molecule has 1 unspecified atom stereocenters. The van der Waals surface area contributed by atoms with Crippen LogP contribution in [0.4, 0.5) is 0 Å². The minimum atomic E-state index is 0. The van der Waals surface area contributed by atoms with Crippen LogP contribution in [0.5, 0.6) is 0 Å². The minimum absolute atomic E-state index is 0. The molecule has 3 nitrogen and oxygen atoms in total. The summed E-state index contributed by atoms with van der Waals surface area (Å²) in [5.41, 5.74) is 7.39. The second-order valence-electron chi connectivity index (χ2n) is 4.84. The van der Waals surface area contributed by atoms with Crippen LogP contribution in [0.25, 0.3) is 0 Å². The number of aryl methyl sites for hydroxylation is 2. The van der Waals surface area contributed by atoms with Crippen LogP contribution in [0, 0.1) is 5.92 Å². The molecule has 4 heteroatoms.